The second kappa shape index (κ2) is 6.35. The molecule has 21 heavy (non-hydrogen) atoms. The Hall–Kier alpha value is -0.450. The number of nitrogens with one attached hydrogen (secondary N) is 1. The molecule has 2 fully saturated rings. The summed E-state index contributed by atoms with van der Waals surface area (Å²) < 4.78 is 0. The summed E-state index contributed by atoms with van der Waals surface area (Å²) in [6.45, 7) is 10.3. The van der Waals surface area contributed by atoms with Gasteiger partial charge in [0.15, 0.2) is 0 Å². The zero-order valence-corrected chi connectivity index (χ0v) is 14.5. The summed E-state index contributed by atoms with van der Waals surface area (Å²) in [4.78, 5) is 8.59. The van der Waals surface area contributed by atoms with Crippen molar-refractivity contribution in [1.29, 1.82) is 0 Å². The molecule has 0 amide bonds. The molecule has 1 unspecified atom stereocenters. The zero-order chi connectivity index (χ0) is 14.9. The number of hydrogen-bond acceptors (Lipinski definition) is 4. The molecule has 3 rings (SSSR count). The van der Waals surface area contributed by atoms with Crippen LogP contribution in [0, 0.1) is 12.8 Å². The van der Waals surface area contributed by atoms with E-state index in [1.165, 1.54) is 48.5 Å². The summed E-state index contributed by atoms with van der Waals surface area (Å²) in [5, 5.41) is 5.12. The SMILES string of the molecule is Cc1ncc(CN2CC3(CCCCC3)NCC2C(C)C)s1. The highest BCUT2D eigenvalue weighted by Crippen LogP contribution is 2.34. The van der Waals surface area contributed by atoms with Crippen LogP contribution in [-0.2, 0) is 6.54 Å². The van der Waals surface area contributed by atoms with Gasteiger partial charge in [-0.25, -0.2) is 4.98 Å². The van der Waals surface area contributed by atoms with E-state index in [4.69, 9.17) is 0 Å². The highest BCUT2D eigenvalue weighted by molar-refractivity contribution is 7.11. The topological polar surface area (TPSA) is 28.2 Å². The molecule has 1 aliphatic carbocycles. The van der Waals surface area contributed by atoms with Crippen LogP contribution in [0.5, 0.6) is 0 Å². The maximum atomic E-state index is 4.43. The van der Waals surface area contributed by atoms with Gasteiger partial charge in [-0.15, -0.1) is 11.3 Å². The molecule has 1 N–H and O–H groups in total. The normalized spacial score (nSPS) is 26.6. The van der Waals surface area contributed by atoms with Crippen LogP contribution in [0.3, 0.4) is 0 Å². The molecule has 1 aromatic rings. The third kappa shape index (κ3) is 3.49. The van der Waals surface area contributed by atoms with Crippen molar-refractivity contribution in [3.8, 4) is 0 Å². The number of thiazole rings is 1. The van der Waals surface area contributed by atoms with Gasteiger partial charge in [0.2, 0.25) is 0 Å². The average Bonchev–Trinajstić information content (AvgIpc) is 2.85. The van der Waals surface area contributed by atoms with Crippen molar-refractivity contribution in [2.24, 2.45) is 5.92 Å². The molecule has 0 radical (unpaired) electrons. The Morgan fingerprint density at radius 1 is 1.38 bits per heavy atom. The largest absolute Gasteiger partial charge is 0.308 e. The van der Waals surface area contributed by atoms with Gasteiger partial charge >= 0.3 is 0 Å². The van der Waals surface area contributed by atoms with E-state index in [9.17, 15) is 0 Å². The number of piperazine rings is 1. The van der Waals surface area contributed by atoms with Gasteiger partial charge in [0.25, 0.3) is 0 Å². The predicted molar refractivity (Wildman–Crippen MR) is 89.7 cm³/mol. The molecule has 0 aromatic carbocycles. The van der Waals surface area contributed by atoms with Crippen LogP contribution in [0.4, 0.5) is 0 Å². The molecule has 1 atom stereocenters. The molecule has 118 valence electrons. The summed E-state index contributed by atoms with van der Waals surface area (Å²) in [6.07, 6.45) is 9.00. The Bertz CT molecular complexity index is 462. The van der Waals surface area contributed by atoms with Crippen LogP contribution >= 0.6 is 11.3 Å². The molecule has 0 bridgehead atoms. The average molecular weight is 308 g/mol. The van der Waals surface area contributed by atoms with Crippen molar-refractivity contribution < 1.29 is 0 Å². The zero-order valence-electron chi connectivity index (χ0n) is 13.7. The van der Waals surface area contributed by atoms with Crippen molar-refractivity contribution in [3.05, 3.63) is 16.1 Å². The van der Waals surface area contributed by atoms with Crippen LogP contribution in [0.2, 0.25) is 0 Å². The van der Waals surface area contributed by atoms with Gasteiger partial charge in [-0.1, -0.05) is 33.1 Å². The van der Waals surface area contributed by atoms with E-state index in [0.29, 0.717) is 17.5 Å². The van der Waals surface area contributed by atoms with Crippen LogP contribution in [0.15, 0.2) is 6.20 Å². The number of aromatic nitrogens is 1. The minimum Gasteiger partial charge on any atom is -0.308 e. The fourth-order valence-corrected chi connectivity index (χ4v) is 4.91. The third-order valence-corrected chi connectivity index (χ3v) is 6.17. The Morgan fingerprint density at radius 3 is 2.76 bits per heavy atom. The highest BCUT2D eigenvalue weighted by Gasteiger charge is 2.40. The van der Waals surface area contributed by atoms with Crippen molar-refractivity contribution in [3.63, 3.8) is 0 Å². The van der Waals surface area contributed by atoms with E-state index in [2.05, 4.69) is 42.2 Å². The summed E-state index contributed by atoms with van der Waals surface area (Å²) in [6, 6.07) is 0.653. The van der Waals surface area contributed by atoms with E-state index >= 15 is 0 Å². The lowest BCUT2D eigenvalue weighted by molar-refractivity contribution is 0.0315. The molecular formula is C17H29N3S. The van der Waals surface area contributed by atoms with Crippen LogP contribution in [0.1, 0.15) is 55.8 Å². The van der Waals surface area contributed by atoms with Gasteiger partial charge in [-0.2, -0.15) is 0 Å². The lowest BCUT2D eigenvalue weighted by Gasteiger charge is -2.50. The first-order chi connectivity index (χ1) is 10.1. The quantitative estimate of drug-likeness (QED) is 0.925. The van der Waals surface area contributed by atoms with Crippen LogP contribution in [0.25, 0.3) is 0 Å². The summed E-state index contributed by atoms with van der Waals surface area (Å²) in [7, 11) is 0. The van der Waals surface area contributed by atoms with E-state index in [1.807, 2.05) is 11.3 Å². The second-order valence-corrected chi connectivity index (χ2v) is 8.60. The molecule has 2 aliphatic rings. The number of hydrogen-bond donors (Lipinski definition) is 1. The molecular weight excluding hydrogens is 278 g/mol. The Morgan fingerprint density at radius 2 is 2.14 bits per heavy atom. The fraction of sp³-hybridized carbons (Fsp3) is 0.824. The van der Waals surface area contributed by atoms with E-state index in [1.54, 1.807) is 0 Å². The van der Waals surface area contributed by atoms with Gasteiger partial charge in [0, 0.05) is 42.3 Å². The number of aryl methyl sites for hydroxylation is 1. The second-order valence-electron chi connectivity index (χ2n) is 7.28. The lowest BCUT2D eigenvalue weighted by Crippen LogP contribution is -2.65. The molecule has 1 saturated heterocycles. The molecule has 1 spiro atoms. The van der Waals surface area contributed by atoms with E-state index < -0.39 is 0 Å². The summed E-state index contributed by atoms with van der Waals surface area (Å²) in [5.74, 6) is 0.701. The molecule has 4 heteroatoms. The maximum Gasteiger partial charge on any atom is 0.0897 e. The summed E-state index contributed by atoms with van der Waals surface area (Å²) >= 11 is 1.86. The van der Waals surface area contributed by atoms with Gasteiger partial charge in [0.1, 0.15) is 0 Å². The van der Waals surface area contributed by atoms with Gasteiger partial charge in [0.05, 0.1) is 5.01 Å². The van der Waals surface area contributed by atoms with Gasteiger partial charge in [-0.3, -0.25) is 4.90 Å². The Labute approximate surface area is 133 Å². The number of rotatable bonds is 3. The van der Waals surface area contributed by atoms with Crippen molar-refractivity contribution >= 4 is 11.3 Å². The smallest absolute Gasteiger partial charge is 0.0897 e. The predicted octanol–water partition coefficient (Wildman–Crippen LogP) is 3.58. The van der Waals surface area contributed by atoms with Gasteiger partial charge in [-0.05, 0) is 25.7 Å². The van der Waals surface area contributed by atoms with Gasteiger partial charge < -0.3 is 5.32 Å². The highest BCUT2D eigenvalue weighted by atomic mass is 32.1. The maximum absolute atomic E-state index is 4.43. The van der Waals surface area contributed by atoms with Crippen molar-refractivity contribution in [2.75, 3.05) is 13.1 Å². The van der Waals surface area contributed by atoms with Crippen LogP contribution in [-0.4, -0.2) is 34.6 Å². The third-order valence-electron chi connectivity index (χ3n) is 5.27. The van der Waals surface area contributed by atoms with Crippen LogP contribution < -0.4 is 5.32 Å². The summed E-state index contributed by atoms with van der Waals surface area (Å²) in [5.41, 5.74) is 0.392. The molecule has 2 heterocycles. The molecule has 1 aromatic heterocycles. The molecule has 1 aliphatic heterocycles. The first-order valence-corrected chi connectivity index (χ1v) is 9.30. The standard InChI is InChI=1S/C17H29N3S/c1-13(2)16-10-19-17(7-5-4-6-8-17)12-20(16)11-15-9-18-14(3)21-15/h9,13,16,19H,4-8,10-12H2,1-3H3. The fourth-order valence-electron chi connectivity index (χ4n) is 4.08. The first-order valence-electron chi connectivity index (χ1n) is 8.48. The Kier molecular flexibility index (Phi) is 4.67. The minimum absolute atomic E-state index is 0.392. The monoisotopic (exact) mass is 307 g/mol. The Balaban J connectivity index is 1.74. The van der Waals surface area contributed by atoms with E-state index in [0.717, 1.165) is 13.1 Å². The number of nitrogens with zero attached hydrogens (tertiary/aromatic N) is 2. The lowest BCUT2D eigenvalue weighted by atomic mass is 9.78. The van der Waals surface area contributed by atoms with E-state index in [-0.39, 0.29) is 0 Å². The first kappa shape index (κ1) is 15.4. The van der Waals surface area contributed by atoms with Crippen molar-refractivity contribution in [2.45, 2.75) is 71.0 Å². The minimum atomic E-state index is 0.392. The molecule has 1 saturated carbocycles. The molecule has 3 nitrogen and oxygen atoms in total. The van der Waals surface area contributed by atoms with Crippen molar-refractivity contribution in [1.82, 2.24) is 15.2 Å².